The Hall–Kier alpha value is -3.28. The van der Waals surface area contributed by atoms with Gasteiger partial charge in [0.05, 0.1) is 11.5 Å². The molecule has 0 saturated carbocycles. The summed E-state index contributed by atoms with van der Waals surface area (Å²) in [4.78, 5) is 36.0. The van der Waals surface area contributed by atoms with Crippen molar-refractivity contribution in [3.63, 3.8) is 0 Å². The molecule has 25 heavy (non-hydrogen) atoms. The Balaban J connectivity index is 2.27. The van der Waals surface area contributed by atoms with E-state index in [0.717, 1.165) is 0 Å². The number of aliphatic hydroxyl groups is 1. The number of benzene rings is 2. The SMILES string of the molecule is C[C@H]([C@H](C1=C(O)c2ccccc2C(=O)C1=O)c1ccccc1)[N+](=O)[O-]. The van der Waals surface area contributed by atoms with Gasteiger partial charge in [-0.2, -0.15) is 0 Å². The zero-order valence-corrected chi connectivity index (χ0v) is 13.4. The molecule has 0 bridgehead atoms. The van der Waals surface area contributed by atoms with Crippen LogP contribution in [0.25, 0.3) is 5.76 Å². The molecule has 0 spiro atoms. The second kappa shape index (κ2) is 6.32. The first-order valence-electron chi connectivity index (χ1n) is 7.73. The highest BCUT2D eigenvalue weighted by molar-refractivity contribution is 6.52. The van der Waals surface area contributed by atoms with Crippen molar-refractivity contribution in [1.29, 1.82) is 0 Å². The van der Waals surface area contributed by atoms with Crippen LogP contribution in [-0.2, 0) is 4.79 Å². The van der Waals surface area contributed by atoms with E-state index in [0.29, 0.717) is 5.56 Å². The average molecular weight is 337 g/mol. The number of Topliss-reactive ketones (excluding diaryl/α,β-unsaturated/α-hetero) is 2. The number of nitrogens with zero attached hydrogens (tertiary/aromatic N) is 1. The van der Waals surface area contributed by atoms with E-state index in [-0.39, 0.29) is 22.5 Å². The lowest BCUT2D eigenvalue weighted by Gasteiger charge is -2.25. The predicted octanol–water partition coefficient (Wildman–Crippen LogP) is 3.17. The lowest BCUT2D eigenvalue weighted by atomic mass is 9.77. The summed E-state index contributed by atoms with van der Waals surface area (Å²) < 4.78 is 0. The summed E-state index contributed by atoms with van der Waals surface area (Å²) in [6.07, 6.45) is 0. The van der Waals surface area contributed by atoms with E-state index < -0.39 is 28.4 Å². The molecule has 6 heteroatoms. The zero-order chi connectivity index (χ0) is 18.1. The van der Waals surface area contributed by atoms with Crippen LogP contribution in [0.5, 0.6) is 0 Å². The van der Waals surface area contributed by atoms with E-state index in [4.69, 9.17) is 0 Å². The Morgan fingerprint density at radius 1 is 0.920 bits per heavy atom. The van der Waals surface area contributed by atoms with E-state index in [1.807, 2.05) is 0 Å². The average Bonchev–Trinajstić information content (AvgIpc) is 2.63. The van der Waals surface area contributed by atoms with E-state index in [9.17, 15) is 24.8 Å². The van der Waals surface area contributed by atoms with Gasteiger partial charge in [-0.1, -0.05) is 54.6 Å². The Labute approximate surface area is 143 Å². The Bertz CT molecular complexity index is 901. The van der Waals surface area contributed by atoms with Crippen LogP contribution in [0.3, 0.4) is 0 Å². The number of hydrogen-bond acceptors (Lipinski definition) is 5. The third-order valence-electron chi connectivity index (χ3n) is 4.42. The molecule has 0 unspecified atom stereocenters. The highest BCUT2D eigenvalue weighted by atomic mass is 16.6. The van der Waals surface area contributed by atoms with Crippen LogP contribution >= 0.6 is 0 Å². The fourth-order valence-electron chi connectivity index (χ4n) is 3.14. The quantitative estimate of drug-likeness (QED) is 0.525. The smallest absolute Gasteiger partial charge is 0.234 e. The molecule has 2 aromatic carbocycles. The van der Waals surface area contributed by atoms with Gasteiger partial charge in [-0.3, -0.25) is 19.7 Å². The van der Waals surface area contributed by atoms with Crippen molar-refractivity contribution in [3.05, 3.63) is 87.0 Å². The molecule has 2 aromatic rings. The van der Waals surface area contributed by atoms with Crippen molar-refractivity contribution in [1.82, 2.24) is 0 Å². The van der Waals surface area contributed by atoms with Crippen LogP contribution in [0, 0.1) is 10.1 Å². The van der Waals surface area contributed by atoms with Crippen molar-refractivity contribution in [3.8, 4) is 0 Å². The molecule has 1 aliphatic carbocycles. The topological polar surface area (TPSA) is 97.5 Å². The molecule has 3 rings (SSSR count). The molecular formula is C19H15NO5. The molecular weight excluding hydrogens is 322 g/mol. The van der Waals surface area contributed by atoms with Crippen molar-refractivity contribution in [2.24, 2.45) is 0 Å². The Kier molecular flexibility index (Phi) is 4.19. The second-order valence-corrected chi connectivity index (χ2v) is 5.88. The van der Waals surface area contributed by atoms with Crippen molar-refractivity contribution < 1.29 is 19.6 Å². The number of rotatable bonds is 4. The molecule has 0 amide bonds. The molecule has 0 aliphatic heterocycles. The fraction of sp³-hybridized carbons (Fsp3) is 0.158. The maximum Gasteiger partial charge on any atom is 0.234 e. The fourth-order valence-corrected chi connectivity index (χ4v) is 3.14. The van der Waals surface area contributed by atoms with Gasteiger partial charge in [-0.15, -0.1) is 0 Å². The highest BCUT2D eigenvalue weighted by Gasteiger charge is 2.42. The molecule has 126 valence electrons. The first-order valence-corrected chi connectivity index (χ1v) is 7.73. The first-order chi connectivity index (χ1) is 11.9. The number of carbonyl (C=O) groups excluding carboxylic acids is 2. The van der Waals surface area contributed by atoms with Crippen LogP contribution in [-0.4, -0.2) is 27.6 Å². The summed E-state index contributed by atoms with van der Waals surface area (Å²) in [5.74, 6) is -3.07. The molecule has 1 N–H and O–H groups in total. The van der Waals surface area contributed by atoms with Gasteiger partial charge in [-0.05, 0) is 5.56 Å². The van der Waals surface area contributed by atoms with Crippen LogP contribution < -0.4 is 0 Å². The maximum atomic E-state index is 12.7. The summed E-state index contributed by atoms with van der Waals surface area (Å²) >= 11 is 0. The third-order valence-corrected chi connectivity index (χ3v) is 4.42. The largest absolute Gasteiger partial charge is 0.507 e. The minimum atomic E-state index is -1.19. The van der Waals surface area contributed by atoms with Crippen molar-refractivity contribution >= 4 is 17.3 Å². The number of fused-ring (bicyclic) bond motifs is 1. The molecule has 2 atom stereocenters. The Morgan fingerprint density at radius 3 is 2.08 bits per heavy atom. The lowest BCUT2D eigenvalue weighted by molar-refractivity contribution is -0.520. The van der Waals surface area contributed by atoms with Gasteiger partial charge in [0.15, 0.2) is 0 Å². The van der Waals surface area contributed by atoms with E-state index in [1.165, 1.54) is 19.1 Å². The Morgan fingerprint density at radius 2 is 1.48 bits per heavy atom. The van der Waals surface area contributed by atoms with Crippen LogP contribution in [0.1, 0.15) is 34.3 Å². The molecule has 6 nitrogen and oxygen atoms in total. The lowest BCUT2D eigenvalue weighted by Crippen LogP contribution is -2.34. The maximum absolute atomic E-state index is 12.7. The van der Waals surface area contributed by atoms with Gasteiger partial charge >= 0.3 is 0 Å². The molecule has 0 aromatic heterocycles. The first kappa shape index (κ1) is 16.6. The number of carbonyl (C=O) groups is 2. The minimum absolute atomic E-state index is 0.106. The van der Waals surface area contributed by atoms with E-state index >= 15 is 0 Å². The monoisotopic (exact) mass is 337 g/mol. The van der Waals surface area contributed by atoms with Crippen molar-refractivity contribution in [2.45, 2.75) is 18.9 Å². The van der Waals surface area contributed by atoms with Gasteiger partial charge in [0.2, 0.25) is 17.6 Å². The van der Waals surface area contributed by atoms with Gasteiger partial charge in [0, 0.05) is 23.0 Å². The molecule has 0 heterocycles. The van der Waals surface area contributed by atoms with Gasteiger partial charge in [-0.25, -0.2) is 0 Å². The van der Waals surface area contributed by atoms with E-state index in [1.54, 1.807) is 42.5 Å². The molecule has 0 radical (unpaired) electrons. The third kappa shape index (κ3) is 2.71. The van der Waals surface area contributed by atoms with E-state index in [2.05, 4.69) is 0 Å². The zero-order valence-electron chi connectivity index (χ0n) is 13.4. The summed E-state index contributed by atoms with van der Waals surface area (Å²) in [6.45, 7) is 1.36. The number of ketones is 2. The summed E-state index contributed by atoms with van der Waals surface area (Å²) in [5, 5.41) is 22.1. The molecule has 0 fully saturated rings. The van der Waals surface area contributed by atoms with Gasteiger partial charge in [0.25, 0.3) is 0 Å². The van der Waals surface area contributed by atoms with Crippen LogP contribution in [0.15, 0.2) is 60.2 Å². The van der Waals surface area contributed by atoms with Crippen molar-refractivity contribution in [2.75, 3.05) is 0 Å². The summed E-state index contributed by atoms with van der Waals surface area (Å²) in [6, 6.07) is 13.4. The predicted molar refractivity (Wildman–Crippen MR) is 91.0 cm³/mol. The van der Waals surface area contributed by atoms with Crippen LogP contribution in [0.2, 0.25) is 0 Å². The number of nitro groups is 1. The molecule has 1 aliphatic rings. The molecule has 0 saturated heterocycles. The minimum Gasteiger partial charge on any atom is -0.507 e. The summed E-state index contributed by atoms with van der Waals surface area (Å²) in [5.41, 5.74) is 0.598. The van der Waals surface area contributed by atoms with Gasteiger partial charge in [0.1, 0.15) is 5.76 Å². The number of aliphatic hydroxyl groups excluding tert-OH is 1. The highest BCUT2D eigenvalue weighted by Crippen LogP contribution is 2.38. The van der Waals surface area contributed by atoms with Crippen LogP contribution in [0.4, 0.5) is 0 Å². The standard InChI is InChI=1S/C19H15NO5/c1-11(20(24)25)15(12-7-3-2-4-8-12)16-17(21)13-9-5-6-10-14(13)18(22)19(16)23/h2-11,15,21H,1H3/t11-,15+/m1/s1. The second-order valence-electron chi connectivity index (χ2n) is 5.88. The number of hydrogen-bond donors (Lipinski definition) is 1. The summed E-state index contributed by atoms with van der Waals surface area (Å²) in [7, 11) is 0. The normalized spacial score (nSPS) is 16.4. The van der Waals surface area contributed by atoms with Gasteiger partial charge < -0.3 is 5.11 Å².